The smallest absolute Gasteiger partial charge is 0.404 e. The maximum atomic E-state index is 13.2. The first-order valence-corrected chi connectivity index (χ1v) is 31.2. The average Bonchev–Trinajstić information content (AvgIpc) is 1.64. The van der Waals surface area contributed by atoms with Crippen LogP contribution >= 0.6 is 0 Å². The van der Waals surface area contributed by atoms with Crippen molar-refractivity contribution in [2.75, 3.05) is 23.1 Å². The normalized spacial score (nSPS) is 11.7. The summed E-state index contributed by atoms with van der Waals surface area (Å²) in [5.41, 5.74) is 17.9. The largest absolute Gasteiger partial charge is 0.573 e. The van der Waals surface area contributed by atoms with Crippen molar-refractivity contribution in [2.24, 2.45) is 0 Å². The van der Waals surface area contributed by atoms with Crippen molar-refractivity contribution >= 4 is 34.0 Å². The highest BCUT2D eigenvalue weighted by molar-refractivity contribution is 5.80. The van der Waals surface area contributed by atoms with Crippen molar-refractivity contribution in [2.45, 2.75) is 66.6 Å². The number of benzene rings is 3. The Hall–Kier alpha value is -12.5. The van der Waals surface area contributed by atoms with Gasteiger partial charge in [0.25, 0.3) is 0 Å². The highest BCUT2D eigenvalue weighted by Crippen LogP contribution is 2.36. The van der Waals surface area contributed by atoms with Gasteiger partial charge in [0.2, 0.25) is 0 Å². The number of alkyl halides is 3. The van der Waals surface area contributed by atoms with E-state index in [2.05, 4.69) is 45.7 Å². The molecule has 0 bridgehead atoms. The van der Waals surface area contributed by atoms with E-state index in [4.69, 9.17) is 59.5 Å². The first kappa shape index (κ1) is 61.7. The van der Waals surface area contributed by atoms with Crippen LogP contribution in [0.25, 0.3) is 96.3 Å². The molecule has 27 heteroatoms. The van der Waals surface area contributed by atoms with Gasteiger partial charge in [0.1, 0.15) is 30.4 Å². The summed E-state index contributed by atoms with van der Waals surface area (Å²) in [6, 6.07) is 48.9. The van der Waals surface area contributed by atoms with E-state index < -0.39 is 6.36 Å². The Balaban J connectivity index is 0.602. The Morgan fingerprint density at radius 2 is 1.01 bits per heavy atom. The third-order valence-electron chi connectivity index (χ3n) is 16.1. The number of nitrogens with zero attached hydrogens (tertiary/aromatic N) is 15. The predicted octanol–water partition coefficient (Wildman–Crippen LogP) is 13.4. The van der Waals surface area contributed by atoms with Crippen LogP contribution in [-0.2, 0) is 48.9 Å². The molecule has 0 saturated heterocycles. The van der Waals surface area contributed by atoms with Gasteiger partial charge in [-0.25, -0.2) is 43.5 Å². The molecule has 3 aromatic carbocycles. The summed E-state index contributed by atoms with van der Waals surface area (Å²) in [6.45, 7) is 7.44. The number of imidazole rings is 3. The Morgan fingerprint density at radius 3 is 1.59 bits per heavy atom. The third-order valence-corrected chi connectivity index (χ3v) is 16.1. The fourth-order valence-corrected chi connectivity index (χ4v) is 11.5. The molecule has 0 aliphatic rings. The van der Waals surface area contributed by atoms with E-state index in [1.165, 1.54) is 24.5 Å². The van der Waals surface area contributed by atoms with Gasteiger partial charge < -0.3 is 45.1 Å². The summed E-state index contributed by atoms with van der Waals surface area (Å²) in [5.74, 6) is 2.55. The van der Waals surface area contributed by atoms with Crippen molar-refractivity contribution in [1.82, 2.24) is 88.6 Å². The van der Waals surface area contributed by atoms with Gasteiger partial charge in [-0.2, -0.15) is 5.10 Å². The zero-order valence-electron chi connectivity index (χ0n) is 53.1. The molecule has 0 atom stereocenters. The highest BCUT2D eigenvalue weighted by atomic mass is 19.4. The molecular weight excluding hydrogens is 1250 g/mol. The summed E-state index contributed by atoms with van der Waals surface area (Å²) in [5, 5.41) is 24.2. The molecular formula is C71H60F3N21O3. The van der Waals surface area contributed by atoms with E-state index in [1.54, 1.807) is 26.7 Å². The van der Waals surface area contributed by atoms with Gasteiger partial charge in [-0.1, -0.05) is 42.5 Å². The van der Waals surface area contributed by atoms with E-state index in [9.17, 15) is 13.2 Å². The van der Waals surface area contributed by atoms with Gasteiger partial charge in [-0.05, 0) is 147 Å². The van der Waals surface area contributed by atoms with Crippen molar-refractivity contribution < 1.29 is 27.4 Å². The number of H-pyrrole nitrogens is 3. The van der Waals surface area contributed by atoms with Gasteiger partial charge in [-0.3, -0.25) is 15.0 Å². The zero-order chi connectivity index (χ0) is 66.9. The van der Waals surface area contributed by atoms with Crippen LogP contribution in [0.2, 0.25) is 0 Å². The number of fused-ring (bicyclic) bond motifs is 3. The van der Waals surface area contributed by atoms with Crippen molar-refractivity contribution in [3.05, 3.63) is 234 Å². The Morgan fingerprint density at radius 1 is 0.480 bits per heavy atom. The Kier molecular flexibility index (Phi) is 16.6. The molecule has 24 nitrogen and oxygen atoms in total. The number of aryl methyl sites for hydroxylation is 3. The zero-order valence-corrected chi connectivity index (χ0v) is 53.1. The van der Waals surface area contributed by atoms with E-state index in [-0.39, 0.29) is 24.6 Å². The predicted molar refractivity (Wildman–Crippen MR) is 362 cm³/mol. The second-order valence-corrected chi connectivity index (χ2v) is 23.2. The van der Waals surface area contributed by atoms with Crippen molar-refractivity contribution in [1.29, 1.82) is 0 Å². The first-order chi connectivity index (χ1) is 47.7. The molecule has 0 radical (unpaired) electrons. The fourth-order valence-electron chi connectivity index (χ4n) is 11.5. The molecule has 488 valence electrons. The van der Waals surface area contributed by atoms with Crippen LogP contribution in [0.1, 0.15) is 51.5 Å². The molecule has 6 N–H and O–H groups in total. The maximum absolute atomic E-state index is 13.2. The lowest BCUT2D eigenvalue weighted by atomic mass is 10.1. The van der Waals surface area contributed by atoms with Crippen molar-refractivity contribution in [3.8, 4) is 85.1 Å². The minimum atomic E-state index is -4.85. The number of ether oxygens (including phenoxy) is 3. The lowest BCUT2D eigenvalue weighted by molar-refractivity contribution is -0.274. The highest BCUT2D eigenvalue weighted by Gasteiger charge is 2.32. The van der Waals surface area contributed by atoms with Gasteiger partial charge in [0.15, 0.2) is 34.3 Å². The fraction of sp³-hybridized carbons (Fsp3) is 0.155. The number of methoxy groups -OCH3 is 1. The van der Waals surface area contributed by atoms with E-state index >= 15 is 0 Å². The quantitative estimate of drug-likeness (QED) is 0.0347. The van der Waals surface area contributed by atoms with Crippen molar-refractivity contribution in [3.63, 3.8) is 0 Å². The summed E-state index contributed by atoms with van der Waals surface area (Å²) in [7, 11) is 1.67. The SMILES string of the molecule is COCc1cc(NCc2nc(-c3ccc4ncnn4c3)c(-c3cccc(C)n3)[nH]2)ccc1-c1nc2ccc(-c3nc(CNc4ccc(COCc5nc6ccc(-c7nc(CNc8ccccc8OC(F)(F)F)[nH]c7-c7cccc(C)n7)cn6n5)cc4)[nH]c3-c3cccc(C)n3)cn2n1. The summed E-state index contributed by atoms with van der Waals surface area (Å²) in [4.78, 5) is 53.9. The number of hydrogen-bond acceptors (Lipinski definition) is 18. The van der Waals surface area contributed by atoms with Gasteiger partial charge >= 0.3 is 6.36 Å². The van der Waals surface area contributed by atoms with Gasteiger partial charge in [-0.15, -0.1) is 23.4 Å². The van der Waals surface area contributed by atoms with Crippen LogP contribution in [0, 0.1) is 20.8 Å². The Labute approximate surface area is 556 Å². The minimum Gasteiger partial charge on any atom is -0.404 e. The van der Waals surface area contributed by atoms with Crippen LogP contribution in [0.3, 0.4) is 0 Å². The number of pyridine rings is 6. The van der Waals surface area contributed by atoms with E-state index in [0.29, 0.717) is 89.2 Å². The number of anilines is 3. The lowest BCUT2D eigenvalue weighted by Gasteiger charge is -2.13. The number of halogens is 3. The molecule has 12 aromatic heterocycles. The number of aromatic nitrogens is 18. The number of para-hydroxylation sites is 2. The molecule has 0 aliphatic carbocycles. The molecule has 0 unspecified atom stereocenters. The van der Waals surface area contributed by atoms with E-state index in [0.717, 1.165) is 96.2 Å². The molecule has 0 saturated carbocycles. The average molecular weight is 1310 g/mol. The lowest BCUT2D eigenvalue weighted by Crippen LogP contribution is -2.18. The standard InChI is InChI=1S/C71H60F3N21O3/c1-41-10-7-14-53(80-41)67-64(45-20-27-61-78-40-79-93(61)34-45)85-58(88-67)32-76-50-25-26-51(48(30-50)38-96-4)70-90-63-29-22-47(36-95(63)92-70)66-68(54-15-8-11-42(2)81-54)87-57(84-66)31-75-49-23-18-44(19-24-49)37-97-39-60-83-62-28-21-46(35-94(62)91-60)65-69(55-16-9-12-43(3)82-55)89-59(86-65)33-77-52-13-5-6-17-56(52)98-71(72,73)74/h5-30,34-36,40,75-77H,31-33,37-39H2,1-4H3,(H,84,87)(H,85,88)(H,86,89). The summed E-state index contributed by atoms with van der Waals surface area (Å²) < 4.78 is 60.8. The van der Waals surface area contributed by atoms with E-state index in [1.807, 2.05) is 173 Å². The molecule has 98 heavy (non-hydrogen) atoms. The third kappa shape index (κ3) is 13.5. The molecule has 0 fully saturated rings. The molecule has 15 aromatic rings. The minimum absolute atomic E-state index is 0.0617. The Bertz CT molecular complexity index is 5400. The number of hydrogen-bond donors (Lipinski definition) is 6. The van der Waals surface area contributed by atoms with Crippen LogP contribution in [0.4, 0.5) is 30.2 Å². The van der Waals surface area contributed by atoms with Crippen LogP contribution in [0.5, 0.6) is 5.75 Å². The van der Waals surface area contributed by atoms with Crippen LogP contribution < -0.4 is 20.7 Å². The van der Waals surface area contributed by atoms with Gasteiger partial charge in [0, 0.05) is 76.4 Å². The summed E-state index contributed by atoms with van der Waals surface area (Å²) in [6.07, 6.45) is 2.34. The maximum Gasteiger partial charge on any atom is 0.573 e. The number of aromatic amines is 3. The topological polar surface area (TPSA) is 279 Å². The van der Waals surface area contributed by atoms with Gasteiger partial charge in [0.05, 0.1) is 89.8 Å². The molecule has 0 spiro atoms. The first-order valence-electron chi connectivity index (χ1n) is 31.2. The monoisotopic (exact) mass is 1310 g/mol. The van der Waals surface area contributed by atoms with Crippen LogP contribution in [0.15, 0.2) is 183 Å². The second kappa shape index (κ2) is 26.4. The van der Waals surface area contributed by atoms with Crippen LogP contribution in [-0.4, -0.2) is 102 Å². The molecule has 0 aliphatic heterocycles. The second-order valence-electron chi connectivity index (χ2n) is 23.2. The molecule has 0 amide bonds. The summed E-state index contributed by atoms with van der Waals surface area (Å²) >= 11 is 0. The number of rotatable bonds is 23. The molecule has 15 rings (SSSR count). The number of nitrogens with one attached hydrogen (secondary N) is 6. The molecule has 12 heterocycles.